The van der Waals surface area contributed by atoms with Crippen LogP contribution in [-0.2, 0) is 25.5 Å². The predicted octanol–water partition coefficient (Wildman–Crippen LogP) is 5.91. The zero-order valence-corrected chi connectivity index (χ0v) is 32.6. The first-order valence-electron chi connectivity index (χ1n) is 17.5. The van der Waals surface area contributed by atoms with Crippen LogP contribution < -0.4 is 20.4 Å². The van der Waals surface area contributed by atoms with Crippen LogP contribution in [-0.4, -0.2) is 91.5 Å². The molecule has 1 aliphatic carbocycles. The Kier molecular flexibility index (Phi) is 10.9. The van der Waals surface area contributed by atoms with Crippen molar-refractivity contribution >= 4 is 64.7 Å². The molecule has 4 amide bonds. The van der Waals surface area contributed by atoms with Crippen molar-refractivity contribution in [1.82, 2.24) is 30.2 Å². The molecule has 0 spiro atoms. The number of halogens is 2. The molecule has 1 saturated carbocycles. The second-order valence-electron chi connectivity index (χ2n) is 16.4. The number of carbonyl (C=O) groups is 5. The number of benzene rings is 1. The van der Waals surface area contributed by atoms with Gasteiger partial charge in [-0.3, -0.25) is 9.59 Å². The van der Waals surface area contributed by atoms with Crippen molar-refractivity contribution in [1.29, 1.82) is 0 Å². The maximum Gasteiger partial charge on any atom is 0.425 e. The summed E-state index contributed by atoms with van der Waals surface area (Å²) in [5.74, 6) is -1.58. The van der Waals surface area contributed by atoms with Gasteiger partial charge in [0.25, 0.3) is 0 Å². The van der Waals surface area contributed by atoms with E-state index in [1.807, 2.05) is 0 Å². The zero-order valence-electron chi connectivity index (χ0n) is 31.8. The minimum Gasteiger partial charge on any atom is -0.444 e. The highest BCUT2D eigenvalue weighted by Crippen LogP contribution is 2.38. The van der Waals surface area contributed by atoms with Gasteiger partial charge in [0.2, 0.25) is 5.91 Å². The number of nitrogens with zero attached hydrogens (tertiary/aromatic N) is 6. The van der Waals surface area contributed by atoms with Gasteiger partial charge in [0, 0.05) is 23.8 Å². The van der Waals surface area contributed by atoms with Crippen molar-refractivity contribution in [3.63, 3.8) is 0 Å². The van der Waals surface area contributed by atoms with Crippen LogP contribution in [0.1, 0.15) is 97.5 Å². The number of fused-ring (bicyclic) bond motifs is 1. The monoisotopic (exact) mass is 772 g/mol. The molecule has 1 aromatic carbocycles. The van der Waals surface area contributed by atoms with E-state index in [2.05, 4.69) is 25.6 Å². The Bertz CT molecular complexity index is 1950. The Balaban J connectivity index is 1.55. The summed E-state index contributed by atoms with van der Waals surface area (Å²) < 4.78 is 33.6. The van der Waals surface area contributed by atoms with Gasteiger partial charge in [0.1, 0.15) is 28.7 Å². The Morgan fingerprint density at radius 1 is 0.981 bits per heavy atom. The maximum atomic E-state index is 15.6. The lowest BCUT2D eigenvalue weighted by Crippen LogP contribution is -2.61. The van der Waals surface area contributed by atoms with E-state index >= 15 is 4.39 Å². The van der Waals surface area contributed by atoms with Gasteiger partial charge >= 0.3 is 18.3 Å². The van der Waals surface area contributed by atoms with Crippen molar-refractivity contribution in [3.8, 4) is 0 Å². The molecule has 5 rings (SSSR count). The van der Waals surface area contributed by atoms with E-state index in [-0.39, 0.29) is 65.2 Å². The van der Waals surface area contributed by atoms with Gasteiger partial charge in [-0.2, -0.15) is 4.90 Å². The van der Waals surface area contributed by atoms with E-state index in [0.717, 1.165) is 19.2 Å². The Labute approximate surface area is 317 Å². The molecule has 2 N–H and O–H groups in total. The van der Waals surface area contributed by atoms with Gasteiger partial charge in [0.05, 0.1) is 30.0 Å². The summed E-state index contributed by atoms with van der Waals surface area (Å²) in [4.78, 5) is 80.9. The Morgan fingerprint density at radius 3 is 2.15 bits per heavy atom. The van der Waals surface area contributed by atoms with Crippen LogP contribution in [0.25, 0.3) is 11.2 Å². The number of carbonyl (C=O) groups excluding carboxylic acids is 5. The number of nitrogens with one attached hydrogen (secondary N) is 2. The van der Waals surface area contributed by atoms with E-state index in [1.54, 1.807) is 67.2 Å². The average Bonchev–Trinajstić information content (AvgIpc) is 3.59. The summed E-state index contributed by atoms with van der Waals surface area (Å²) >= 11 is 6.66. The van der Waals surface area contributed by atoms with Gasteiger partial charge in [0.15, 0.2) is 29.1 Å². The first-order chi connectivity index (χ1) is 25.0. The molecule has 18 heteroatoms. The number of imidazole rings is 1. The van der Waals surface area contributed by atoms with Gasteiger partial charge in [-0.25, -0.2) is 33.7 Å². The van der Waals surface area contributed by atoms with Crippen molar-refractivity contribution in [2.75, 3.05) is 22.9 Å². The summed E-state index contributed by atoms with van der Waals surface area (Å²) in [6.45, 7) is 14.9. The quantitative estimate of drug-likeness (QED) is 0.204. The molecule has 2 aliphatic rings. The highest BCUT2D eigenvalue weighted by atomic mass is 35.5. The normalized spacial score (nSPS) is 17.6. The van der Waals surface area contributed by atoms with Crippen LogP contribution in [0, 0.1) is 5.82 Å². The van der Waals surface area contributed by atoms with E-state index in [9.17, 15) is 24.0 Å². The fraction of sp³-hybridized carbons (Fsp3) is 0.556. The van der Waals surface area contributed by atoms with Gasteiger partial charge < -0.3 is 34.3 Å². The van der Waals surface area contributed by atoms with Gasteiger partial charge in [-0.1, -0.05) is 11.6 Å². The summed E-state index contributed by atoms with van der Waals surface area (Å²) in [6, 6.07) is 1.32. The lowest BCUT2D eigenvalue weighted by molar-refractivity contribution is -0.127. The van der Waals surface area contributed by atoms with Gasteiger partial charge in [-0.15, -0.1) is 0 Å². The molecule has 2 fully saturated rings. The lowest BCUT2D eigenvalue weighted by atomic mass is 9.97. The highest BCUT2D eigenvalue weighted by Gasteiger charge is 2.49. The molecular weight excluding hydrogens is 727 g/mol. The van der Waals surface area contributed by atoms with E-state index < -0.39 is 52.3 Å². The largest absolute Gasteiger partial charge is 0.444 e. The standard InChI is InChI=1S/C36H46ClFN8O8/c1-33(2,3)52-30(49)43-36(29(48)42-21-10-11-21)12-13-44(17-36)23-14-20(16-47)25(38)24(37)22(23)15-45-19-41-26-27(45)39-18-40-28(26)46(31(50)53-34(4,5)6)32(51)54-35(7,8)9/h14,16,18-19,21H,10-13,15,17H2,1-9H3,(H,42,48)(H,43,49)/t36-/m1/s1. The number of anilines is 2. The van der Waals surface area contributed by atoms with E-state index in [1.165, 1.54) is 17.0 Å². The molecule has 3 heterocycles. The number of alkyl carbamates (subject to hydrolysis) is 1. The maximum absolute atomic E-state index is 15.6. The minimum absolute atomic E-state index is 0.00960. The molecule has 1 atom stereocenters. The predicted molar refractivity (Wildman–Crippen MR) is 196 cm³/mol. The average molecular weight is 773 g/mol. The third-order valence-corrected chi connectivity index (χ3v) is 8.61. The number of rotatable bonds is 8. The third-order valence-electron chi connectivity index (χ3n) is 8.21. The molecule has 1 saturated heterocycles. The first-order valence-corrected chi connectivity index (χ1v) is 17.8. The Morgan fingerprint density at radius 2 is 1.59 bits per heavy atom. The van der Waals surface area contributed by atoms with Crippen LogP contribution in [0.15, 0.2) is 18.7 Å². The van der Waals surface area contributed by atoms with Crippen molar-refractivity contribution in [2.45, 2.75) is 117 Å². The van der Waals surface area contributed by atoms with Crippen molar-refractivity contribution < 1.29 is 42.6 Å². The molecule has 0 bridgehead atoms. The van der Waals surface area contributed by atoms with Crippen molar-refractivity contribution in [3.05, 3.63) is 40.7 Å². The number of aldehydes is 1. The molecule has 2 aromatic heterocycles. The van der Waals surface area contributed by atoms with Crippen LogP contribution in [0.5, 0.6) is 0 Å². The number of ether oxygens (including phenoxy) is 3. The summed E-state index contributed by atoms with van der Waals surface area (Å²) in [5.41, 5.74) is -3.89. The molecule has 3 aromatic rings. The molecule has 16 nitrogen and oxygen atoms in total. The summed E-state index contributed by atoms with van der Waals surface area (Å²) in [5, 5.41) is 5.39. The van der Waals surface area contributed by atoms with Crippen LogP contribution in [0.4, 0.5) is 30.3 Å². The SMILES string of the molecule is CC(C)(C)OC(=O)N[C@]1(C(=O)NC2CC2)CCN(c2cc(C=O)c(F)c(Cl)c2Cn2cnc3c(N(C(=O)OC(C)(C)C)C(=O)OC(C)(C)C)ncnc32)C1. The van der Waals surface area contributed by atoms with Gasteiger partial charge in [-0.05, 0) is 87.6 Å². The number of aromatic nitrogens is 4. The van der Waals surface area contributed by atoms with Crippen LogP contribution >= 0.6 is 11.6 Å². The van der Waals surface area contributed by atoms with E-state index in [4.69, 9.17) is 25.8 Å². The number of hydrogen-bond acceptors (Lipinski definition) is 12. The van der Waals surface area contributed by atoms with Crippen LogP contribution in [0.2, 0.25) is 5.02 Å². The molecule has 54 heavy (non-hydrogen) atoms. The lowest BCUT2D eigenvalue weighted by Gasteiger charge is -2.32. The third kappa shape index (κ3) is 9.17. The number of amides is 4. The Hall–Kier alpha value is -5.06. The first kappa shape index (κ1) is 40.1. The number of imide groups is 1. The zero-order chi connectivity index (χ0) is 40.0. The molecule has 0 radical (unpaired) electrons. The molecule has 1 aliphatic heterocycles. The summed E-state index contributed by atoms with van der Waals surface area (Å²) in [7, 11) is 0. The number of hydrogen-bond donors (Lipinski definition) is 2. The molecule has 0 unspecified atom stereocenters. The van der Waals surface area contributed by atoms with Crippen LogP contribution in [0.3, 0.4) is 0 Å². The smallest absolute Gasteiger partial charge is 0.425 e. The fourth-order valence-electron chi connectivity index (χ4n) is 5.78. The summed E-state index contributed by atoms with van der Waals surface area (Å²) in [6.07, 6.45) is 1.68. The highest BCUT2D eigenvalue weighted by molar-refractivity contribution is 6.32. The van der Waals surface area contributed by atoms with Crippen molar-refractivity contribution in [2.24, 2.45) is 0 Å². The molecule has 292 valence electrons. The topological polar surface area (TPSA) is 187 Å². The minimum atomic E-state index is -1.43. The second kappa shape index (κ2) is 14.6. The molecular formula is C36H46ClFN8O8. The van der Waals surface area contributed by atoms with E-state index in [0.29, 0.717) is 16.9 Å². The fourth-order valence-corrected chi connectivity index (χ4v) is 6.04. The second-order valence-corrected chi connectivity index (χ2v) is 16.8.